The van der Waals surface area contributed by atoms with E-state index in [1.54, 1.807) is 11.3 Å². The number of hydrogen-bond donors (Lipinski definition) is 0. The molecule has 0 saturated carbocycles. The van der Waals surface area contributed by atoms with Crippen molar-refractivity contribution >= 4 is 81.7 Å². The highest BCUT2D eigenvalue weighted by molar-refractivity contribution is 14.1. The zero-order chi connectivity index (χ0) is 13.6. The maximum absolute atomic E-state index is 5.82. The topological polar surface area (TPSA) is 9.23 Å². The minimum absolute atomic E-state index is 0.144. The number of thiophene rings is 1. The van der Waals surface area contributed by atoms with E-state index in [2.05, 4.69) is 88.6 Å². The third kappa shape index (κ3) is 2.93. The molecular formula is C13H8Br3IOS. The largest absolute Gasteiger partial charge is 0.493 e. The average Bonchev–Trinajstić information content (AvgIpc) is 2.93. The van der Waals surface area contributed by atoms with Crippen LogP contribution < -0.4 is 4.74 Å². The van der Waals surface area contributed by atoms with E-state index in [0.717, 1.165) is 26.4 Å². The molecule has 0 amide bonds. The van der Waals surface area contributed by atoms with Gasteiger partial charge < -0.3 is 4.74 Å². The Morgan fingerprint density at radius 2 is 2.00 bits per heavy atom. The third-order valence-electron chi connectivity index (χ3n) is 3.01. The van der Waals surface area contributed by atoms with E-state index in [1.165, 1.54) is 20.3 Å². The van der Waals surface area contributed by atoms with Crippen molar-refractivity contribution in [3.63, 3.8) is 0 Å². The Morgan fingerprint density at radius 3 is 2.68 bits per heavy atom. The van der Waals surface area contributed by atoms with Crippen LogP contribution in [0.3, 0.4) is 0 Å². The van der Waals surface area contributed by atoms with Gasteiger partial charge in [0.1, 0.15) is 5.75 Å². The van der Waals surface area contributed by atoms with Gasteiger partial charge in [-0.05, 0) is 83.8 Å². The molecule has 19 heavy (non-hydrogen) atoms. The van der Waals surface area contributed by atoms with Crippen molar-refractivity contribution in [2.24, 2.45) is 0 Å². The van der Waals surface area contributed by atoms with Gasteiger partial charge in [0.05, 0.1) is 19.0 Å². The summed E-state index contributed by atoms with van der Waals surface area (Å²) in [5.74, 6) is 1.05. The minimum atomic E-state index is 0.144. The van der Waals surface area contributed by atoms with Crippen molar-refractivity contribution in [1.29, 1.82) is 0 Å². The highest BCUT2D eigenvalue weighted by Crippen LogP contribution is 2.46. The molecule has 2 heterocycles. The van der Waals surface area contributed by atoms with E-state index in [-0.39, 0.29) is 4.83 Å². The molecule has 100 valence electrons. The molecular weight excluding hydrogens is 571 g/mol. The molecule has 1 aromatic carbocycles. The van der Waals surface area contributed by atoms with Crippen LogP contribution >= 0.6 is 81.7 Å². The Morgan fingerprint density at radius 1 is 1.21 bits per heavy atom. The third-order valence-corrected chi connectivity index (χ3v) is 7.00. The van der Waals surface area contributed by atoms with Crippen LogP contribution in [0.2, 0.25) is 0 Å². The van der Waals surface area contributed by atoms with Gasteiger partial charge >= 0.3 is 0 Å². The summed E-state index contributed by atoms with van der Waals surface area (Å²) in [5, 5.41) is 0. The van der Waals surface area contributed by atoms with Gasteiger partial charge in [0, 0.05) is 15.6 Å². The molecule has 0 saturated heterocycles. The molecule has 1 aliphatic rings. The Kier molecular flexibility index (Phi) is 4.63. The number of alkyl halides is 1. The second-order valence-corrected chi connectivity index (χ2v) is 10.1. The lowest BCUT2D eigenvalue weighted by molar-refractivity contribution is 0.354. The van der Waals surface area contributed by atoms with Gasteiger partial charge in [-0.1, -0.05) is 15.9 Å². The maximum atomic E-state index is 5.82. The lowest BCUT2D eigenvalue weighted by Crippen LogP contribution is -1.97. The van der Waals surface area contributed by atoms with E-state index in [0.29, 0.717) is 0 Å². The summed E-state index contributed by atoms with van der Waals surface area (Å²) < 4.78 is 9.35. The number of benzene rings is 1. The number of halogens is 4. The first-order valence-electron chi connectivity index (χ1n) is 5.60. The first-order valence-corrected chi connectivity index (χ1v) is 10.00. The Balaban J connectivity index is 2.09. The molecule has 0 aliphatic carbocycles. The summed E-state index contributed by atoms with van der Waals surface area (Å²) in [6.07, 6.45) is 1.01. The number of rotatable bonds is 2. The molecule has 6 heteroatoms. The van der Waals surface area contributed by atoms with Crippen LogP contribution in [0, 0.1) is 3.57 Å². The lowest BCUT2D eigenvalue weighted by atomic mass is 10.0. The molecule has 0 bridgehead atoms. The van der Waals surface area contributed by atoms with Crippen molar-refractivity contribution in [3.05, 3.63) is 46.0 Å². The lowest BCUT2D eigenvalue weighted by Gasteiger charge is -2.14. The zero-order valence-electron chi connectivity index (χ0n) is 9.55. The van der Waals surface area contributed by atoms with Crippen molar-refractivity contribution in [1.82, 2.24) is 0 Å². The smallest absolute Gasteiger partial charge is 0.127 e. The van der Waals surface area contributed by atoms with Crippen molar-refractivity contribution < 1.29 is 4.74 Å². The van der Waals surface area contributed by atoms with E-state index in [4.69, 9.17) is 4.74 Å². The Hall–Kier alpha value is 0.890. The van der Waals surface area contributed by atoms with E-state index in [9.17, 15) is 0 Å². The Bertz CT molecular complexity index is 641. The fourth-order valence-electron chi connectivity index (χ4n) is 2.18. The van der Waals surface area contributed by atoms with Gasteiger partial charge in [0.15, 0.2) is 0 Å². The summed E-state index contributed by atoms with van der Waals surface area (Å²) in [6.45, 7) is 0.788. The van der Waals surface area contributed by atoms with E-state index < -0.39 is 0 Å². The molecule has 1 aliphatic heterocycles. The normalized spacial score (nSPS) is 15.2. The van der Waals surface area contributed by atoms with Crippen molar-refractivity contribution in [3.8, 4) is 5.75 Å². The summed E-state index contributed by atoms with van der Waals surface area (Å²) in [7, 11) is 0. The second kappa shape index (κ2) is 5.94. The standard InChI is InChI=1S/C13H8Br3IOS/c14-10-5-9(13(16)19-10)11(15)8-4-7(17)3-6-1-2-18-12(6)8/h3-5,11H,1-2H2. The SMILES string of the molecule is Brc1cc(C(Br)c2cc(I)cc3c2OCC3)c(Br)s1. The van der Waals surface area contributed by atoms with Crippen LogP contribution in [-0.2, 0) is 6.42 Å². The molecule has 0 radical (unpaired) electrons. The summed E-state index contributed by atoms with van der Waals surface area (Å²) in [6, 6.07) is 6.56. The van der Waals surface area contributed by atoms with Gasteiger partial charge in [-0.25, -0.2) is 0 Å². The predicted molar refractivity (Wildman–Crippen MR) is 98.8 cm³/mol. The van der Waals surface area contributed by atoms with Crippen LogP contribution in [0.15, 0.2) is 25.8 Å². The fourth-order valence-corrected chi connectivity index (χ4v) is 6.95. The molecule has 2 aromatic rings. The molecule has 0 fully saturated rings. The van der Waals surface area contributed by atoms with Crippen LogP contribution in [-0.4, -0.2) is 6.61 Å². The average molecular weight is 579 g/mol. The summed E-state index contributed by atoms with van der Waals surface area (Å²) in [4.78, 5) is 0.144. The Labute approximate surface area is 154 Å². The van der Waals surface area contributed by atoms with Gasteiger partial charge in [-0.3, -0.25) is 0 Å². The molecule has 1 nitrogen and oxygen atoms in total. The number of hydrogen-bond acceptors (Lipinski definition) is 2. The minimum Gasteiger partial charge on any atom is -0.493 e. The predicted octanol–water partition coefficient (Wildman–Crippen LogP) is 6.30. The molecule has 0 spiro atoms. The number of fused-ring (bicyclic) bond motifs is 1. The van der Waals surface area contributed by atoms with Crippen LogP contribution in [0.4, 0.5) is 0 Å². The first-order chi connectivity index (χ1) is 9.06. The van der Waals surface area contributed by atoms with Crippen LogP contribution in [0.25, 0.3) is 0 Å². The molecule has 1 aromatic heterocycles. The molecule has 0 N–H and O–H groups in total. The fraction of sp³-hybridized carbons (Fsp3) is 0.231. The van der Waals surface area contributed by atoms with E-state index in [1.807, 2.05) is 0 Å². The zero-order valence-corrected chi connectivity index (χ0v) is 17.3. The second-order valence-electron chi connectivity index (χ2n) is 4.22. The molecule has 1 unspecified atom stereocenters. The van der Waals surface area contributed by atoms with Gasteiger partial charge in [0.25, 0.3) is 0 Å². The van der Waals surface area contributed by atoms with Crippen LogP contribution in [0.5, 0.6) is 5.75 Å². The summed E-state index contributed by atoms with van der Waals surface area (Å²) >= 11 is 15.0. The van der Waals surface area contributed by atoms with Gasteiger partial charge in [-0.2, -0.15) is 0 Å². The monoisotopic (exact) mass is 576 g/mol. The first kappa shape index (κ1) is 14.8. The van der Waals surface area contributed by atoms with Crippen molar-refractivity contribution in [2.45, 2.75) is 11.2 Å². The van der Waals surface area contributed by atoms with Gasteiger partial charge in [0.2, 0.25) is 0 Å². The van der Waals surface area contributed by atoms with E-state index >= 15 is 0 Å². The highest BCUT2D eigenvalue weighted by Gasteiger charge is 2.25. The number of ether oxygens (including phenoxy) is 1. The van der Waals surface area contributed by atoms with Gasteiger partial charge in [-0.15, -0.1) is 11.3 Å². The summed E-state index contributed by atoms with van der Waals surface area (Å²) in [5.41, 5.74) is 3.76. The van der Waals surface area contributed by atoms with Crippen molar-refractivity contribution in [2.75, 3.05) is 6.61 Å². The highest BCUT2D eigenvalue weighted by atomic mass is 127. The quantitative estimate of drug-likeness (QED) is 0.300. The molecule has 1 atom stereocenters. The van der Waals surface area contributed by atoms with Crippen LogP contribution in [0.1, 0.15) is 21.5 Å². The maximum Gasteiger partial charge on any atom is 0.127 e. The molecule has 3 rings (SSSR count).